The Labute approximate surface area is 205 Å². The number of benzene rings is 3. The quantitative estimate of drug-likeness (QED) is 0.256. The molecule has 1 N–H and O–H groups in total. The van der Waals surface area contributed by atoms with E-state index in [9.17, 15) is 4.79 Å². The fraction of sp³-hybridized carbons (Fsp3) is 0.192. The Hall–Kier alpha value is -3.98. The van der Waals surface area contributed by atoms with Crippen LogP contribution in [0.15, 0.2) is 82.7 Å². The summed E-state index contributed by atoms with van der Waals surface area (Å²) in [5, 5.41) is 9.86. The molecule has 1 aliphatic rings. The number of aromatic nitrogens is 5. The molecule has 0 fully saturated rings. The lowest BCUT2D eigenvalue weighted by atomic mass is 10.2. The number of hydrogen-bond donors (Lipinski definition) is 1. The predicted molar refractivity (Wildman–Crippen MR) is 135 cm³/mol. The third-order valence-corrected chi connectivity index (χ3v) is 7.02. The summed E-state index contributed by atoms with van der Waals surface area (Å²) in [7, 11) is 0. The van der Waals surface area contributed by atoms with Gasteiger partial charge in [0.25, 0.3) is 0 Å². The van der Waals surface area contributed by atoms with Crippen molar-refractivity contribution in [2.24, 2.45) is 0 Å². The Kier molecular flexibility index (Phi) is 5.75. The predicted octanol–water partition coefficient (Wildman–Crippen LogP) is 4.55. The van der Waals surface area contributed by atoms with Gasteiger partial charge in [-0.25, -0.2) is 4.79 Å². The highest BCUT2D eigenvalue weighted by Gasteiger charge is 2.18. The first-order valence-corrected chi connectivity index (χ1v) is 12.4. The summed E-state index contributed by atoms with van der Waals surface area (Å²) < 4.78 is 14.9. The average Bonchev–Trinajstić information content (AvgIpc) is 3.59. The van der Waals surface area contributed by atoms with Gasteiger partial charge in [-0.2, -0.15) is 0 Å². The Morgan fingerprint density at radius 3 is 2.66 bits per heavy atom. The van der Waals surface area contributed by atoms with Crippen molar-refractivity contribution in [3.63, 3.8) is 0 Å². The van der Waals surface area contributed by atoms with Crippen LogP contribution in [-0.2, 0) is 13.1 Å². The zero-order chi connectivity index (χ0) is 23.6. The monoisotopic (exact) mass is 485 g/mol. The van der Waals surface area contributed by atoms with Gasteiger partial charge in [-0.3, -0.25) is 9.13 Å². The minimum Gasteiger partial charge on any atom is -0.454 e. The molecule has 0 saturated carbocycles. The maximum Gasteiger partial charge on any atom is 0.326 e. The van der Waals surface area contributed by atoms with E-state index in [0.717, 1.165) is 56.8 Å². The molecule has 0 aliphatic carbocycles. The number of rotatable bonds is 8. The minimum absolute atomic E-state index is 0.0754. The summed E-state index contributed by atoms with van der Waals surface area (Å²) in [5.74, 6) is 3.15. The number of hydrogen-bond acceptors (Lipinski definition) is 6. The van der Waals surface area contributed by atoms with E-state index in [1.807, 2.05) is 72.8 Å². The fourth-order valence-corrected chi connectivity index (χ4v) is 5.14. The number of para-hydroxylation sites is 2. The van der Waals surface area contributed by atoms with Crippen LogP contribution in [0.25, 0.3) is 22.4 Å². The highest BCUT2D eigenvalue weighted by molar-refractivity contribution is 7.99. The minimum atomic E-state index is -0.0754. The van der Waals surface area contributed by atoms with E-state index >= 15 is 0 Å². The van der Waals surface area contributed by atoms with Gasteiger partial charge in [-0.05, 0) is 36.2 Å². The fourth-order valence-electron chi connectivity index (χ4n) is 4.28. The number of aryl methyl sites for hydroxylation is 1. The third-order valence-electron chi connectivity index (χ3n) is 5.97. The number of imidazole rings is 1. The Balaban J connectivity index is 1.22. The van der Waals surface area contributed by atoms with E-state index in [1.54, 1.807) is 16.3 Å². The SMILES string of the molecule is O=c1[nH]c2ccccc2n1CCCSc1nnc(-c2ccccc2)n1Cc1ccc2c(c1)OCO2. The topological polar surface area (TPSA) is 87.0 Å². The molecule has 0 unspecified atom stereocenters. The van der Waals surface area contributed by atoms with E-state index in [-0.39, 0.29) is 12.5 Å². The lowest BCUT2D eigenvalue weighted by molar-refractivity contribution is 0.174. The van der Waals surface area contributed by atoms with Crippen molar-refractivity contribution in [3.05, 3.63) is 88.8 Å². The molecule has 0 saturated heterocycles. The first kappa shape index (κ1) is 21.5. The average molecular weight is 486 g/mol. The van der Waals surface area contributed by atoms with E-state index in [4.69, 9.17) is 9.47 Å². The van der Waals surface area contributed by atoms with Gasteiger partial charge in [0.2, 0.25) is 6.79 Å². The number of fused-ring (bicyclic) bond motifs is 2. The summed E-state index contributed by atoms with van der Waals surface area (Å²) in [6.07, 6.45) is 0.823. The van der Waals surface area contributed by atoms with Crippen LogP contribution in [0, 0.1) is 0 Å². The van der Waals surface area contributed by atoms with Crippen LogP contribution >= 0.6 is 11.8 Å². The first-order chi connectivity index (χ1) is 17.3. The standard InChI is InChI=1S/C26H23N5O3S/c32-25-27-20-9-4-5-10-21(20)30(25)13-6-14-35-26-29-28-24(19-7-2-1-3-8-19)31(26)16-18-11-12-22-23(15-18)34-17-33-22/h1-5,7-12,15H,6,13-14,16-17H2,(H,27,32). The number of nitrogens with zero attached hydrogens (tertiary/aromatic N) is 4. The molecular weight excluding hydrogens is 462 g/mol. The molecule has 176 valence electrons. The van der Waals surface area contributed by atoms with Crippen molar-refractivity contribution in [2.75, 3.05) is 12.5 Å². The van der Waals surface area contributed by atoms with Crippen molar-refractivity contribution in [3.8, 4) is 22.9 Å². The molecule has 8 nitrogen and oxygen atoms in total. The zero-order valence-electron chi connectivity index (χ0n) is 18.9. The number of thioether (sulfide) groups is 1. The smallest absolute Gasteiger partial charge is 0.326 e. The largest absolute Gasteiger partial charge is 0.454 e. The summed E-state index contributed by atoms with van der Waals surface area (Å²) >= 11 is 1.65. The van der Waals surface area contributed by atoms with Crippen LogP contribution in [0.4, 0.5) is 0 Å². The van der Waals surface area contributed by atoms with E-state index < -0.39 is 0 Å². The van der Waals surface area contributed by atoms with Gasteiger partial charge in [0.05, 0.1) is 17.6 Å². The maximum atomic E-state index is 12.4. The van der Waals surface area contributed by atoms with Crippen molar-refractivity contribution >= 4 is 22.8 Å². The second-order valence-electron chi connectivity index (χ2n) is 8.25. The Morgan fingerprint density at radius 2 is 1.74 bits per heavy atom. The molecule has 9 heteroatoms. The zero-order valence-corrected chi connectivity index (χ0v) is 19.7. The van der Waals surface area contributed by atoms with E-state index in [2.05, 4.69) is 19.7 Å². The number of nitrogens with one attached hydrogen (secondary N) is 1. The molecule has 3 aromatic carbocycles. The van der Waals surface area contributed by atoms with Gasteiger partial charge in [0, 0.05) is 17.9 Å². The van der Waals surface area contributed by atoms with Crippen molar-refractivity contribution in [2.45, 2.75) is 24.7 Å². The van der Waals surface area contributed by atoms with Crippen LogP contribution in [0.2, 0.25) is 0 Å². The van der Waals surface area contributed by atoms with Crippen molar-refractivity contribution < 1.29 is 9.47 Å². The molecule has 0 bridgehead atoms. The summed E-state index contributed by atoms with van der Waals surface area (Å²) in [6, 6.07) is 23.8. The van der Waals surface area contributed by atoms with Crippen LogP contribution < -0.4 is 15.2 Å². The molecule has 0 amide bonds. The Bertz CT molecular complexity index is 1540. The van der Waals surface area contributed by atoms with Gasteiger partial charge < -0.3 is 14.5 Å². The number of H-pyrrole nitrogens is 1. The van der Waals surface area contributed by atoms with Gasteiger partial charge >= 0.3 is 5.69 Å². The van der Waals surface area contributed by atoms with Crippen LogP contribution in [0.3, 0.4) is 0 Å². The molecule has 0 spiro atoms. The molecule has 0 radical (unpaired) electrons. The molecule has 5 aromatic rings. The molecule has 6 rings (SSSR count). The van der Waals surface area contributed by atoms with Gasteiger partial charge in [0.1, 0.15) is 0 Å². The number of aromatic amines is 1. The lowest BCUT2D eigenvalue weighted by Crippen LogP contribution is -2.17. The molecule has 3 heterocycles. The summed E-state index contributed by atoms with van der Waals surface area (Å²) in [5.41, 5.74) is 3.81. The Morgan fingerprint density at radius 1 is 0.914 bits per heavy atom. The van der Waals surface area contributed by atoms with Gasteiger partial charge in [-0.1, -0.05) is 60.3 Å². The van der Waals surface area contributed by atoms with E-state index in [0.29, 0.717) is 13.1 Å². The second-order valence-corrected chi connectivity index (χ2v) is 9.31. The highest BCUT2D eigenvalue weighted by atomic mass is 32.2. The second kappa shape index (κ2) is 9.34. The van der Waals surface area contributed by atoms with E-state index in [1.165, 1.54) is 0 Å². The maximum absolute atomic E-state index is 12.4. The van der Waals surface area contributed by atoms with Gasteiger partial charge in [-0.15, -0.1) is 10.2 Å². The van der Waals surface area contributed by atoms with Crippen LogP contribution in [0.5, 0.6) is 11.5 Å². The first-order valence-electron chi connectivity index (χ1n) is 11.4. The third kappa shape index (κ3) is 4.30. The van der Waals surface area contributed by atoms with Crippen LogP contribution in [0.1, 0.15) is 12.0 Å². The normalized spacial score (nSPS) is 12.5. The lowest BCUT2D eigenvalue weighted by Gasteiger charge is -2.11. The molecule has 35 heavy (non-hydrogen) atoms. The highest BCUT2D eigenvalue weighted by Crippen LogP contribution is 2.33. The van der Waals surface area contributed by atoms with Crippen molar-refractivity contribution in [1.82, 2.24) is 24.3 Å². The molecular formula is C26H23N5O3S. The molecule has 0 atom stereocenters. The molecule has 1 aliphatic heterocycles. The molecule has 2 aromatic heterocycles. The van der Waals surface area contributed by atoms with Crippen molar-refractivity contribution in [1.29, 1.82) is 0 Å². The summed E-state index contributed by atoms with van der Waals surface area (Å²) in [6.45, 7) is 1.50. The van der Waals surface area contributed by atoms with Gasteiger partial charge in [0.15, 0.2) is 22.5 Å². The number of ether oxygens (including phenoxy) is 2. The van der Waals surface area contributed by atoms with Crippen LogP contribution in [-0.4, -0.2) is 36.9 Å². The summed E-state index contributed by atoms with van der Waals surface area (Å²) in [4.78, 5) is 15.3.